The number of nitrogens with one attached hydrogen (secondary N) is 1. The number of methoxy groups -OCH3 is 2. The summed E-state index contributed by atoms with van der Waals surface area (Å²) in [5.74, 6) is 0.602. The van der Waals surface area contributed by atoms with Gasteiger partial charge in [-0.3, -0.25) is 4.79 Å². The highest BCUT2D eigenvalue weighted by atomic mass is 32.2. The van der Waals surface area contributed by atoms with Crippen molar-refractivity contribution in [1.29, 1.82) is 0 Å². The molecule has 0 radical (unpaired) electrons. The minimum Gasteiger partial charge on any atom is -0.493 e. The lowest BCUT2D eigenvalue weighted by Crippen LogP contribution is -2.43. The molecule has 1 heterocycles. The summed E-state index contributed by atoms with van der Waals surface area (Å²) in [4.78, 5) is 12.8. The smallest absolute Gasteiger partial charge is 0.243 e. The van der Waals surface area contributed by atoms with Crippen LogP contribution in [0.5, 0.6) is 11.5 Å². The quantitative estimate of drug-likeness (QED) is 0.727. The van der Waals surface area contributed by atoms with E-state index in [0.717, 1.165) is 5.56 Å². The number of sulfonamides is 1. The maximum absolute atomic E-state index is 13.0. The molecular weight excluding hydrogens is 404 g/mol. The minimum absolute atomic E-state index is 0.0329. The van der Waals surface area contributed by atoms with E-state index in [4.69, 9.17) is 9.47 Å². The van der Waals surface area contributed by atoms with Gasteiger partial charge in [-0.2, -0.15) is 4.31 Å². The van der Waals surface area contributed by atoms with Crippen molar-refractivity contribution in [3.05, 3.63) is 54.1 Å². The second-order valence-electron chi connectivity index (χ2n) is 7.34. The van der Waals surface area contributed by atoms with Crippen molar-refractivity contribution in [2.45, 2.75) is 30.7 Å². The molecule has 1 fully saturated rings. The van der Waals surface area contributed by atoms with Crippen LogP contribution in [0.3, 0.4) is 0 Å². The predicted octanol–water partition coefficient (Wildman–Crippen LogP) is 2.98. The van der Waals surface area contributed by atoms with E-state index in [1.165, 1.54) is 30.7 Å². The molecule has 0 spiro atoms. The second-order valence-corrected chi connectivity index (χ2v) is 9.27. The zero-order valence-electron chi connectivity index (χ0n) is 17.5. The number of hydrogen-bond donors (Lipinski definition) is 1. The number of piperidine rings is 1. The lowest BCUT2D eigenvalue weighted by atomic mass is 9.96. The molecule has 7 nitrogen and oxygen atoms in total. The molecule has 8 heteroatoms. The Kier molecular flexibility index (Phi) is 6.99. The number of rotatable bonds is 7. The van der Waals surface area contributed by atoms with Crippen LogP contribution < -0.4 is 14.8 Å². The number of carbonyl (C=O) groups excluding carboxylic acids is 1. The summed E-state index contributed by atoms with van der Waals surface area (Å²) >= 11 is 0. The Bertz CT molecular complexity index is 970. The summed E-state index contributed by atoms with van der Waals surface area (Å²) in [6.07, 6.45) is 0.972. The summed E-state index contributed by atoms with van der Waals surface area (Å²) in [5, 5.41) is 3.04. The van der Waals surface area contributed by atoms with Crippen molar-refractivity contribution in [2.75, 3.05) is 27.3 Å². The molecule has 1 saturated heterocycles. The van der Waals surface area contributed by atoms with Crippen molar-refractivity contribution < 1.29 is 22.7 Å². The summed E-state index contributed by atoms with van der Waals surface area (Å²) in [5.41, 5.74) is 1.04. The molecule has 2 aromatic rings. The van der Waals surface area contributed by atoms with Gasteiger partial charge in [-0.1, -0.05) is 30.3 Å². The Hall–Kier alpha value is -2.58. The van der Waals surface area contributed by atoms with Gasteiger partial charge in [0.25, 0.3) is 0 Å². The first-order valence-electron chi connectivity index (χ1n) is 9.94. The van der Waals surface area contributed by atoms with E-state index in [-0.39, 0.29) is 22.8 Å². The molecule has 0 aliphatic carbocycles. The first kappa shape index (κ1) is 22.1. The van der Waals surface area contributed by atoms with Gasteiger partial charge in [-0.25, -0.2) is 8.42 Å². The predicted molar refractivity (Wildman–Crippen MR) is 114 cm³/mol. The molecule has 1 aliphatic heterocycles. The van der Waals surface area contributed by atoms with Gasteiger partial charge in [0.1, 0.15) is 0 Å². The van der Waals surface area contributed by atoms with Crippen molar-refractivity contribution in [2.24, 2.45) is 5.92 Å². The fourth-order valence-corrected chi connectivity index (χ4v) is 5.13. The van der Waals surface area contributed by atoms with E-state index in [2.05, 4.69) is 5.32 Å². The van der Waals surface area contributed by atoms with Crippen molar-refractivity contribution in [1.82, 2.24) is 9.62 Å². The molecule has 0 bridgehead atoms. The van der Waals surface area contributed by atoms with Crippen LogP contribution in [0.25, 0.3) is 0 Å². The molecule has 0 saturated carbocycles. The Morgan fingerprint density at radius 1 is 1.03 bits per heavy atom. The van der Waals surface area contributed by atoms with Crippen LogP contribution in [0.4, 0.5) is 0 Å². The van der Waals surface area contributed by atoms with Crippen molar-refractivity contribution >= 4 is 15.9 Å². The average molecular weight is 433 g/mol. The first-order chi connectivity index (χ1) is 14.4. The summed E-state index contributed by atoms with van der Waals surface area (Å²) in [6, 6.07) is 14.2. The molecule has 0 unspecified atom stereocenters. The van der Waals surface area contributed by atoms with E-state index < -0.39 is 10.0 Å². The molecule has 2 aromatic carbocycles. The Morgan fingerprint density at radius 3 is 2.27 bits per heavy atom. The Morgan fingerprint density at radius 2 is 1.67 bits per heavy atom. The Balaban J connectivity index is 1.62. The van der Waals surface area contributed by atoms with Gasteiger partial charge in [-0.15, -0.1) is 0 Å². The average Bonchev–Trinajstić information content (AvgIpc) is 2.79. The summed E-state index contributed by atoms with van der Waals surface area (Å²) < 4.78 is 37.9. The third-order valence-corrected chi connectivity index (χ3v) is 7.37. The normalized spacial score (nSPS) is 16.6. The Labute approximate surface area is 178 Å². The van der Waals surface area contributed by atoms with E-state index in [0.29, 0.717) is 37.4 Å². The van der Waals surface area contributed by atoms with Gasteiger partial charge in [0.2, 0.25) is 15.9 Å². The molecule has 1 aliphatic rings. The summed E-state index contributed by atoms with van der Waals surface area (Å²) in [6.45, 7) is 2.55. The van der Waals surface area contributed by atoms with Gasteiger partial charge in [-0.05, 0) is 37.5 Å². The van der Waals surface area contributed by atoms with Gasteiger partial charge in [0, 0.05) is 25.1 Å². The largest absolute Gasteiger partial charge is 0.493 e. The third-order valence-electron chi connectivity index (χ3n) is 5.48. The number of nitrogens with zero attached hydrogens (tertiary/aromatic N) is 1. The number of benzene rings is 2. The molecular formula is C22H28N2O5S. The molecule has 1 N–H and O–H groups in total. The lowest BCUT2D eigenvalue weighted by Gasteiger charge is -2.31. The number of ether oxygens (including phenoxy) is 2. The van der Waals surface area contributed by atoms with Gasteiger partial charge in [0.15, 0.2) is 11.5 Å². The molecule has 0 aromatic heterocycles. The number of hydrogen-bond acceptors (Lipinski definition) is 5. The standard InChI is InChI=1S/C22H28N2O5S/c1-16(17-7-5-4-6-8-17)23-22(25)18-11-13-24(14-12-18)30(26,27)19-9-10-20(28-2)21(15-19)29-3/h4-10,15-16,18H,11-14H2,1-3H3,(H,23,25)/t16-/m1/s1. The molecule has 1 amide bonds. The molecule has 3 rings (SSSR count). The first-order valence-corrected chi connectivity index (χ1v) is 11.4. The van der Waals surface area contributed by atoms with Crippen LogP contribution in [0.15, 0.2) is 53.4 Å². The number of amides is 1. The number of carbonyl (C=O) groups is 1. The summed E-state index contributed by atoms with van der Waals surface area (Å²) in [7, 11) is -0.701. The van der Waals surface area contributed by atoms with Crippen LogP contribution in [0.2, 0.25) is 0 Å². The van der Waals surface area contributed by atoms with Crippen molar-refractivity contribution in [3.8, 4) is 11.5 Å². The van der Waals surface area contributed by atoms with E-state index in [1.54, 1.807) is 6.07 Å². The lowest BCUT2D eigenvalue weighted by molar-refractivity contribution is -0.126. The van der Waals surface area contributed by atoms with Gasteiger partial charge < -0.3 is 14.8 Å². The fraction of sp³-hybridized carbons (Fsp3) is 0.409. The maximum atomic E-state index is 13.0. The zero-order valence-corrected chi connectivity index (χ0v) is 18.3. The highest BCUT2D eigenvalue weighted by Gasteiger charge is 2.33. The van der Waals surface area contributed by atoms with Crippen LogP contribution in [0, 0.1) is 5.92 Å². The second kappa shape index (κ2) is 9.49. The third kappa shape index (κ3) is 4.76. The molecule has 162 valence electrons. The monoisotopic (exact) mass is 432 g/mol. The topological polar surface area (TPSA) is 84.9 Å². The fourth-order valence-electron chi connectivity index (χ4n) is 3.64. The minimum atomic E-state index is -3.67. The van der Waals surface area contributed by atoms with Gasteiger partial charge >= 0.3 is 0 Å². The molecule has 30 heavy (non-hydrogen) atoms. The van der Waals surface area contributed by atoms with E-state index in [1.807, 2.05) is 37.3 Å². The van der Waals surface area contributed by atoms with Crippen LogP contribution in [-0.4, -0.2) is 45.9 Å². The SMILES string of the molecule is COc1ccc(S(=O)(=O)N2CCC(C(=O)N[C@H](C)c3ccccc3)CC2)cc1OC. The highest BCUT2D eigenvalue weighted by Crippen LogP contribution is 2.32. The maximum Gasteiger partial charge on any atom is 0.243 e. The zero-order chi connectivity index (χ0) is 21.7. The highest BCUT2D eigenvalue weighted by molar-refractivity contribution is 7.89. The van der Waals surface area contributed by atoms with Crippen LogP contribution in [0.1, 0.15) is 31.4 Å². The van der Waals surface area contributed by atoms with Gasteiger partial charge in [0.05, 0.1) is 25.2 Å². The van der Waals surface area contributed by atoms with Crippen LogP contribution >= 0.6 is 0 Å². The van der Waals surface area contributed by atoms with E-state index >= 15 is 0 Å². The van der Waals surface area contributed by atoms with E-state index in [9.17, 15) is 13.2 Å². The molecule has 1 atom stereocenters. The van der Waals surface area contributed by atoms with Crippen LogP contribution in [-0.2, 0) is 14.8 Å². The van der Waals surface area contributed by atoms with Crippen molar-refractivity contribution in [3.63, 3.8) is 0 Å².